The SMILES string of the molecule is CCCNC(COC1CCCC(C)C1)c1ccccc1. The summed E-state index contributed by atoms with van der Waals surface area (Å²) in [5.74, 6) is 0.826. The predicted octanol–water partition coefficient (Wildman–Crippen LogP) is 4.32. The lowest BCUT2D eigenvalue weighted by atomic mass is 9.89. The summed E-state index contributed by atoms with van der Waals surface area (Å²) in [5.41, 5.74) is 1.34. The highest BCUT2D eigenvalue weighted by Gasteiger charge is 2.21. The summed E-state index contributed by atoms with van der Waals surface area (Å²) in [6.07, 6.45) is 6.78. The minimum absolute atomic E-state index is 0.327. The number of nitrogens with one attached hydrogen (secondary N) is 1. The van der Waals surface area contributed by atoms with Crippen molar-refractivity contribution >= 4 is 0 Å². The van der Waals surface area contributed by atoms with Gasteiger partial charge in [-0.05, 0) is 37.3 Å². The highest BCUT2D eigenvalue weighted by atomic mass is 16.5. The second kappa shape index (κ2) is 8.43. The van der Waals surface area contributed by atoms with E-state index in [1.54, 1.807) is 0 Å². The van der Waals surface area contributed by atoms with E-state index in [1.165, 1.54) is 31.2 Å². The van der Waals surface area contributed by atoms with Gasteiger partial charge >= 0.3 is 0 Å². The Morgan fingerprint density at radius 2 is 2.05 bits per heavy atom. The van der Waals surface area contributed by atoms with Crippen LogP contribution in [0.2, 0.25) is 0 Å². The average molecular weight is 275 g/mol. The summed E-state index contributed by atoms with van der Waals surface area (Å²) in [5, 5.41) is 3.61. The molecule has 1 fully saturated rings. The first-order valence-electron chi connectivity index (χ1n) is 8.19. The fourth-order valence-electron chi connectivity index (χ4n) is 3.04. The first kappa shape index (κ1) is 15.5. The number of benzene rings is 1. The van der Waals surface area contributed by atoms with Gasteiger partial charge in [-0.1, -0.05) is 57.0 Å². The Morgan fingerprint density at radius 3 is 2.75 bits per heavy atom. The number of hydrogen-bond acceptors (Lipinski definition) is 2. The van der Waals surface area contributed by atoms with Crippen LogP contribution in [0, 0.1) is 5.92 Å². The molecule has 0 amide bonds. The van der Waals surface area contributed by atoms with E-state index in [4.69, 9.17) is 4.74 Å². The second-order valence-electron chi connectivity index (χ2n) is 6.14. The van der Waals surface area contributed by atoms with Crippen LogP contribution >= 0.6 is 0 Å². The molecular weight excluding hydrogens is 246 g/mol. The van der Waals surface area contributed by atoms with E-state index < -0.39 is 0 Å². The summed E-state index contributed by atoms with van der Waals surface area (Å²) in [6, 6.07) is 11.0. The van der Waals surface area contributed by atoms with Crippen LogP contribution in [0.3, 0.4) is 0 Å². The number of hydrogen-bond donors (Lipinski definition) is 1. The normalized spacial score (nSPS) is 24.5. The van der Waals surface area contributed by atoms with E-state index in [0.717, 1.165) is 25.5 Å². The van der Waals surface area contributed by atoms with Crippen molar-refractivity contribution in [1.29, 1.82) is 0 Å². The molecule has 0 spiro atoms. The second-order valence-corrected chi connectivity index (χ2v) is 6.14. The molecule has 2 heteroatoms. The van der Waals surface area contributed by atoms with Gasteiger partial charge in [0.2, 0.25) is 0 Å². The molecule has 1 aliphatic rings. The molecule has 2 nitrogen and oxygen atoms in total. The largest absolute Gasteiger partial charge is 0.376 e. The number of rotatable bonds is 7. The Bertz CT molecular complexity index is 365. The first-order valence-corrected chi connectivity index (χ1v) is 8.19. The average Bonchev–Trinajstić information content (AvgIpc) is 2.48. The lowest BCUT2D eigenvalue weighted by molar-refractivity contribution is 0.00400. The van der Waals surface area contributed by atoms with Crippen LogP contribution in [0.4, 0.5) is 0 Å². The van der Waals surface area contributed by atoms with Gasteiger partial charge in [0, 0.05) is 0 Å². The van der Waals surface area contributed by atoms with Crippen LogP contribution in [0.15, 0.2) is 30.3 Å². The van der Waals surface area contributed by atoms with E-state index in [-0.39, 0.29) is 0 Å². The zero-order chi connectivity index (χ0) is 14.2. The molecule has 0 heterocycles. The Morgan fingerprint density at radius 1 is 1.25 bits per heavy atom. The molecule has 3 atom stereocenters. The van der Waals surface area contributed by atoms with E-state index in [0.29, 0.717) is 12.1 Å². The maximum Gasteiger partial charge on any atom is 0.0665 e. The molecule has 1 N–H and O–H groups in total. The third-order valence-corrected chi connectivity index (χ3v) is 4.23. The van der Waals surface area contributed by atoms with Crippen molar-refractivity contribution in [3.05, 3.63) is 35.9 Å². The summed E-state index contributed by atoms with van der Waals surface area (Å²) >= 11 is 0. The van der Waals surface area contributed by atoms with Crippen LogP contribution in [-0.2, 0) is 4.74 Å². The fourth-order valence-corrected chi connectivity index (χ4v) is 3.04. The highest BCUT2D eigenvalue weighted by molar-refractivity contribution is 5.18. The molecule has 0 aromatic heterocycles. The molecule has 0 radical (unpaired) electrons. The van der Waals surface area contributed by atoms with Crippen LogP contribution in [0.5, 0.6) is 0 Å². The Labute approximate surface area is 123 Å². The van der Waals surface area contributed by atoms with Crippen LogP contribution in [0.1, 0.15) is 57.6 Å². The molecule has 0 bridgehead atoms. The molecule has 20 heavy (non-hydrogen) atoms. The minimum Gasteiger partial charge on any atom is -0.376 e. The fraction of sp³-hybridized carbons (Fsp3) is 0.667. The highest BCUT2D eigenvalue weighted by Crippen LogP contribution is 2.26. The van der Waals surface area contributed by atoms with Gasteiger partial charge in [0.15, 0.2) is 0 Å². The zero-order valence-corrected chi connectivity index (χ0v) is 13.0. The molecule has 0 saturated heterocycles. The summed E-state index contributed by atoms with van der Waals surface area (Å²) in [7, 11) is 0. The maximum atomic E-state index is 6.20. The summed E-state index contributed by atoms with van der Waals surface area (Å²) in [4.78, 5) is 0. The lowest BCUT2D eigenvalue weighted by Gasteiger charge is -2.29. The van der Waals surface area contributed by atoms with Gasteiger partial charge in [-0.25, -0.2) is 0 Å². The minimum atomic E-state index is 0.327. The monoisotopic (exact) mass is 275 g/mol. The molecule has 1 aromatic rings. The van der Waals surface area contributed by atoms with Crippen molar-refractivity contribution < 1.29 is 4.74 Å². The molecule has 1 saturated carbocycles. The van der Waals surface area contributed by atoms with E-state index >= 15 is 0 Å². The van der Waals surface area contributed by atoms with E-state index in [2.05, 4.69) is 49.5 Å². The van der Waals surface area contributed by atoms with Crippen molar-refractivity contribution in [2.75, 3.05) is 13.2 Å². The van der Waals surface area contributed by atoms with Gasteiger partial charge in [0.25, 0.3) is 0 Å². The molecule has 2 rings (SSSR count). The van der Waals surface area contributed by atoms with Gasteiger partial charge in [0.05, 0.1) is 18.8 Å². The van der Waals surface area contributed by atoms with Gasteiger partial charge in [-0.15, -0.1) is 0 Å². The van der Waals surface area contributed by atoms with Gasteiger partial charge in [-0.2, -0.15) is 0 Å². The van der Waals surface area contributed by atoms with E-state index in [9.17, 15) is 0 Å². The van der Waals surface area contributed by atoms with Gasteiger partial charge < -0.3 is 10.1 Å². The van der Waals surface area contributed by atoms with Gasteiger partial charge in [0.1, 0.15) is 0 Å². The number of ether oxygens (including phenoxy) is 1. The lowest BCUT2D eigenvalue weighted by Crippen LogP contribution is -2.30. The van der Waals surface area contributed by atoms with E-state index in [1.807, 2.05) is 0 Å². The molecule has 3 unspecified atom stereocenters. The summed E-state index contributed by atoms with van der Waals surface area (Å²) < 4.78 is 6.20. The third kappa shape index (κ3) is 4.92. The molecule has 0 aliphatic heterocycles. The third-order valence-electron chi connectivity index (χ3n) is 4.23. The molecular formula is C18H29NO. The quantitative estimate of drug-likeness (QED) is 0.800. The van der Waals surface area contributed by atoms with Crippen molar-refractivity contribution in [3.63, 3.8) is 0 Å². The smallest absolute Gasteiger partial charge is 0.0665 e. The van der Waals surface area contributed by atoms with Crippen molar-refractivity contribution in [1.82, 2.24) is 5.32 Å². The Kier molecular flexibility index (Phi) is 6.55. The van der Waals surface area contributed by atoms with Gasteiger partial charge in [-0.3, -0.25) is 0 Å². The Hall–Kier alpha value is -0.860. The van der Waals surface area contributed by atoms with Crippen molar-refractivity contribution in [2.45, 2.75) is 58.1 Å². The van der Waals surface area contributed by atoms with Crippen LogP contribution < -0.4 is 5.32 Å². The molecule has 1 aromatic carbocycles. The zero-order valence-electron chi connectivity index (χ0n) is 13.0. The topological polar surface area (TPSA) is 21.3 Å². The first-order chi connectivity index (χ1) is 9.79. The Balaban J connectivity index is 1.87. The van der Waals surface area contributed by atoms with Crippen LogP contribution in [-0.4, -0.2) is 19.3 Å². The van der Waals surface area contributed by atoms with Crippen LogP contribution in [0.25, 0.3) is 0 Å². The van der Waals surface area contributed by atoms with Crippen molar-refractivity contribution in [2.24, 2.45) is 5.92 Å². The van der Waals surface area contributed by atoms with Crippen molar-refractivity contribution in [3.8, 4) is 0 Å². The predicted molar refractivity (Wildman–Crippen MR) is 84.8 cm³/mol. The summed E-state index contributed by atoms with van der Waals surface area (Å²) in [6.45, 7) is 6.39. The maximum absolute atomic E-state index is 6.20. The standard InChI is InChI=1S/C18H29NO/c1-3-12-19-18(16-9-5-4-6-10-16)14-20-17-11-7-8-15(2)13-17/h4-6,9-10,15,17-19H,3,7-8,11-14H2,1-2H3. The molecule has 1 aliphatic carbocycles. The molecule has 112 valence electrons.